The third kappa shape index (κ3) is 15.9. The maximum atomic E-state index is 8.56. The molecule has 107 heavy (non-hydrogen) atoms. The van der Waals surface area contributed by atoms with Crippen LogP contribution in [-0.2, 0) is 30.9 Å². The third-order valence-electron chi connectivity index (χ3n) is 19.5. The van der Waals surface area contributed by atoms with Gasteiger partial charge in [0.05, 0.1) is 35.0 Å². The summed E-state index contributed by atoms with van der Waals surface area (Å²) in [6, 6.07) is 109. The second kappa shape index (κ2) is 31.9. The molecule has 0 amide bonds. The largest absolute Gasteiger partial charge is 0.393 e. The molecule has 0 spiro atoms. The number of benzene rings is 12. The van der Waals surface area contributed by atoms with E-state index < -0.39 is 0 Å². The van der Waals surface area contributed by atoms with Crippen molar-refractivity contribution in [3.8, 4) is 112 Å². The topological polar surface area (TPSA) is 118 Å². The Bertz CT molecular complexity index is 6000. The molecule has 2 atom stereocenters. The van der Waals surface area contributed by atoms with E-state index in [9.17, 15) is 0 Å². The van der Waals surface area contributed by atoms with Gasteiger partial charge in [0.1, 0.15) is 19.0 Å². The Morgan fingerprint density at radius 3 is 1.24 bits per heavy atom. The van der Waals surface area contributed by atoms with Gasteiger partial charge in [-0.25, -0.2) is 24.9 Å². The van der Waals surface area contributed by atoms with Crippen LogP contribution in [0.5, 0.6) is 0 Å². The van der Waals surface area contributed by atoms with Gasteiger partial charge in [0.25, 0.3) is 0 Å². The Hall–Kier alpha value is -11.1. The van der Waals surface area contributed by atoms with E-state index in [1.54, 1.807) is 32.8 Å². The predicted molar refractivity (Wildman–Crippen MR) is 444 cm³/mol. The minimum Gasteiger partial charge on any atom is -0.393 e. The fourth-order valence-corrected chi connectivity index (χ4v) is 16.7. The Morgan fingerprint density at radius 1 is 0.346 bits per heavy atom. The maximum Gasteiger partial charge on any atom is 0.116 e. The van der Waals surface area contributed by atoms with Crippen LogP contribution in [0.3, 0.4) is 0 Å². The van der Waals surface area contributed by atoms with Crippen LogP contribution in [-0.4, -0.2) is 52.3 Å². The van der Waals surface area contributed by atoms with Crippen LogP contribution in [0, 0.1) is 6.07 Å². The number of fused-ring (bicyclic) bond motifs is 9. The normalized spacial score (nSPS) is 12.5. The Labute approximate surface area is 647 Å². The number of aliphatic hydroxyl groups excluding tert-OH is 2. The molecule has 18 rings (SSSR count). The van der Waals surface area contributed by atoms with Gasteiger partial charge in [0.15, 0.2) is 0 Å². The third-order valence-corrected chi connectivity index (χ3v) is 22.0. The van der Waals surface area contributed by atoms with Gasteiger partial charge in [0.2, 0.25) is 0 Å². The minimum absolute atomic E-state index is 0. The molecule has 5 aromatic heterocycles. The van der Waals surface area contributed by atoms with Crippen molar-refractivity contribution in [2.45, 2.75) is 77.9 Å². The average molecular weight is 1610 g/mol. The molecule has 0 saturated heterocycles. The Kier molecular flexibility index (Phi) is 21.7. The molecule has 1 radical (unpaired) electrons. The molecule has 12 aromatic carbocycles. The monoisotopic (exact) mass is 1600 g/mol. The number of thiophene rings is 2. The molecule has 1 aliphatic rings. The summed E-state index contributed by atoms with van der Waals surface area (Å²) in [4.78, 5) is 27.1. The van der Waals surface area contributed by atoms with Crippen LogP contribution in [0.2, 0.25) is 0 Å². The quantitative estimate of drug-likeness (QED) is 0.123. The van der Waals surface area contributed by atoms with Crippen LogP contribution in [0.4, 0.5) is 0 Å². The van der Waals surface area contributed by atoms with Gasteiger partial charge >= 0.3 is 0 Å². The van der Waals surface area contributed by atoms with E-state index in [2.05, 4.69) is 309 Å². The van der Waals surface area contributed by atoms with E-state index in [1.807, 2.05) is 71.2 Å². The zero-order chi connectivity index (χ0) is 72.9. The first-order chi connectivity index (χ1) is 51.6. The van der Waals surface area contributed by atoms with Crippen LogP contribution in [0.25, 0.3) is 152 Å². The predicted octanol–water partition coefficient (Wildman–Crippen LogP) is 24.7. The van der Waals surface area contributed by atoms with E-state index in [1.165, 1.54) is 107 Å². The van der Waals surface area contributed by atoms with Crippen molar-refractivity contribution < 1.29 is 30.3 Å². The van der Waals surface area contributed by atoms with Gasteiger partial charge in [-0.15, -0.1) is 58.6 Å². The molecule has 0 saturated carbocycles. The summed E-state index contributed by atoms with van der Waals surface area (Å²) < 4.78 is 5.33. The molecule has 0 aliphatic heterocycles. The average Bonchev–Trinajstić information content (AvgIpc) is 1.57. The summed E-state index contributed by atoms with van der Waals surface area (Å²) in [5, 5.41) is 22.4. The van der Waals surface area contributed by atoms with Gasteiger partial charge in [-0.1, -0.05) is 253 Å². The van der Waals surface area contributed by atoms with Crippen molar-refractivity contribution in [1.82, 2.24) is 29.9 Å². The van der Waals surface area contributed by atoms with Gasteiger partial charge in [-0.3, -0.25) is 4.98 Å². The first-order valence-corrected chi connectivity index (χ1v) is 37.5. The number of hydrogen-bond donors (Lipinski definition) is 2. The summed E-state index contributed by atoms with van der Waals surface area (Å²) in [7, 11) is 0. The van der Waals surface area contributed by atoms with E-state index >= 15 is 0 Å². The van der Waals surface area contributed by atoms with Gasteiger partial charge < -0.3 is 10.2 Å². The number of hydrogen-bond acceptors (Lipinski definition) is 10. The number of aliphatic hydroxyl groups is 2. The first-order valence-electron chi connectivity index (χ1n) is 35.9. The second-order valence-corrected chi connectivity index (χ2v) is 30.6. The molecule has 8 nitrogen and oxygen atoms in total. The van der Waals surface area contributed by atoms with E-state index in [-0.39, 0.29) is 43.1 Å². The molecule has 17 aromatic rings. The zero-order valence-corrected chi connectivity index (χ0v) is 64.6. The van der Waals surface area contributed by atoms with Crippen molar-refractivity contribution in [3.05, 3.63) is 339 Å². The summed E-state index contributed by atoms with van der Waals surface area (Å²) in [5.41, 5.74) is 26.1. The van der Waals surface area contributed by atoms with Crippen molar-refractivity contribution in [2.75, 3.05) is 0 Å². The van der Waals surface area contributed by atoms with Crippen molar-refractivity contribution in [3.63, 3.8) is 0 Å². The molecular formula is C96H79IrN6O2S2-. The molecule has 527 valence electrons. The Balaban J connectivity index is 0.000000140. The van der Waals surface area contributed by atoms with Gasteiger partial charge in [-0.05, 0) is 147 Å². The van der Waals surface area contributed by atoms with Gasteiger partial charge in [0, 0.05) is 99.2 Å². The van der Waals surface area contributed by atoms with Crippen molar-refractivity contribution >= 4 is 63.0 Å². The summed E-state index contributed by atoms with van der Waals surface area (Å²) in [6.45, 7) is 14.4. The van der Waals surface area contributed by atoms with E-state index in [4.69, 9.17) is 20.2 Å². The molecular weight excluding hydrogens is 1530 g/mol. The van der Waals surface area contributed by atoms with E-state index in [0.717, 1.165) is 62.0 Å². The molecule has 11 heteroatoms. The van der Waals surface area contributed by atoms with Crippen molar-refractivity contribution in [1.29, 1.82) is 0 Å². The summed E-state index contributed by atoms with van der Waals surface area (Å²) in [5.74, 6) is 0. The minimum atomic E-state index is -0.375. The Morgan fingerprint density at radius 2 is 0.738 bits per heavy atom. The molecule has 2 N–H and O–H groups in total. The molecule has 2 unspecified atom stereocenters. The number of nitrogens with zero attached hydrogens (tertiary/aromatic N) is 6. The second-order valence-electron chi connectivity index (χ2n) is 28.5. The van der Waals surface area contributed by atoms with Crippen LogP contribution >= 0.6 is 22.7 Å². The van der Waals surface area contributed by atoms with Crippen LogP contribution < -0.4 is 0 Å². The van der Waals surface area contributed by atoms with Gasteiger partial charge in [-0.2, -0.15) is 0 Å². The summed E-state index contributed by atoms with van der Waals surface area (Å²) >= 11 is 3.74. The smallest absolute Gasteiger partial charge is 0.116 e. The maximum absolute atomic E-state index is 8.56. The zero-order valence-electron chi connectivity index (χ0n) is 60.6. The fourth-order valence-electron chi connectivity index (χ4n) is 14.2. The molecule has 0 fully saturated rings. The number of rotatable bonds is 11. The summed E-state index contributed by atoms with van der Waals surface area (Å²) in [6.07, 6.45) is 4.68. The van der Waals surface area contributed by atoms with E-state index in [0.29, 0.717) is 6.42 Å². The molecule has 0 bridgehead atoms. The van der Waals surface area contributed by atoms with Crippen LogP contribution in [0.15, 0.2) is 316 Å². The van der Waals surface area contributed by atoms with Crippen molar-refractivity contribution in [2.24, 2.45) is 0 Å². The standard InChI is InChI=1S/C43H30N2S.C34H22N2S.C14H15N2.C5H12O2.Ir/c1-43(2)37-18-5-3-14-33(37)34-21-20-31(24-38(34)43)40-25-39(44-26-45-40)30-13-8-11-28(23-30)27-10-7-12-29(22-27)32-16-9-17-36-35-15-4-6-19-41(35)46-42(32)36;1-2-9-23(10-3-1)31-21-32(36-22-35-31)27-14-7-12-25(20-27)24-11-6-13-26(19-24)28-16-8-17-30-29-15-4-5-18-33(29)37-34(28)30;1-14(2,3)13-9-12(15-10-16-13)11-7-5-4-6-8-11;1-4(6)3-5(2)7;/h3-26H,1-2H3;1-22H;4-7,9-10H,1-3H3;4-7H,3H2,1-2H3;/q;;-1;;. The fraction of sp³-hybridized carbons (Fsp3) is 0.125. The van der Waals surface area contributed by atoms with Crippen LogP contribution in [0.1, 0.15) is 71.7 Å². The SMILES string of the molecule is CC(C)(C)c1cc(-c2[c-]cccc2)ncn1.CC(O)CC(C)O.CC1(C)c2ccccc2-c2ccc(-c3cc(-c4cccc(-c5cccc(-c6cccc7c6sc6ccccc67)c5)c4)ncn3)cc21.[Ir].c1ccc(-c2cc(-c3cccc(-c4cccc(-c5cccc6c5sc5ccccc56)c4)c3)ncn2)cc1. The first kappa shape index (κ1) is 72.8. The molecule has 5 heterocycles. The molecule has 1 aliphatic carbocycles. The number of aromatic nitrogens is 6.